The first-order chi connectivity index (χ1) is 10.2. The molecule has 0 unspecified atom stereocenters. The molecule has 0 saturated heterocycles. The molecule has 0 aliphatic carbocycles. The topological polar surface area (TPSA) is 114 Å². The highest BCUT2D eigenvalue weighted by atomic mass is 16.5. The molecule has 0 radical (unpaired) electrons. The molecule has 8 nitrogen and oxygen atoms in total. The highest BCUT2D eigenvalue weighted by Gasteiger charge is 2.22. The van der Waals surface area contributed by atoms with Crippen LogP contribution in [0.2, 0.25) is 0 Å². The molecular formula is C14H23N3O5. The molecule has 0 aliphatic rings. The van der Waals surface area contributed by atoms with Gasteiger partial charge in [-0.2, -0.15) is 0 Å². The van der Waals surface area contributed by atoms with Gasteiger partial charge in [-0.1, -0.05) is 6.42 Å². The molecule has 0 saturated carbocycles. The molecule has 124 valence electrons. The molecule has 1 rings (SSSR count). The second kappa shape index (κ2) is 7.77. The van der Waals surface area contributed by atoms with E-state index in [9.17, 15) is 19.2 Å². The van der Waals surface area contributed by atoms with Crippen LogP contribution in [0.1, 0.15) is 46.5 Å². The van der Waals surface area contributed by atoms with E-state index in [0.29, 0.717) is 13.0 Å². The second-order valence-electron chi connectivity index (χ2n) is 6.14. The number of carbonyl (C=O) groups is 1. The van der Waals surface area contributed by atoms with E-state index in [4.69, 9.17) is 4.74 Å². The van der Waals surface area contributed by atoms with Crippen molar-refractivity contribution in [3.63, 3.8) is 0 Å². The van der Waals surface area contributed by atoms with Crippen LogP contribution in [0.4, 0.5) is 0 Å². The zero-order chi connectivity index (χ0) is 16.8. The fourth-order valence-electron chi connectivity index (χ4n) is 1.76. The highest BCUT2D eigenvalue weighted by molar-refractivity contribution is 5.75. The predicted octanol–water partition coefficient (Wildman–Crippen LogP) is 0.375. The highest BCUT2D eigenvalue weighted by Crippen LogP contribution is 2.15. The summed E-state index contributed by atoms with van der Waals surface area (Å²) in [5.41, 5.74) is -2.69. The van der Waals surface area contributed by atoms with Crippen LogP contribution < -0.4 is 17.1 Å². The zero-order valence-electron chi connectivity index (χ0n) is 13.2. The minimum Gasteiger partial charge on any atom is -0.465 e. The largest absolute Gasteiger partial charge is 0.465 e. The van der Waals surface area contributed by atoms with Crippen molar-refractivity contribution in [1.82, 2.24) is 14.5 Å². The van der Waals surface area contributed by atoms with Crippen LogP contribution in [0.15, 0.2) is 14.4 Å². The smallest absolute Gasteiger partial charge is 0.333 e. The van der Waals surface area contributed by atoms with Crippen LogP contribution in [0.3, 0.4) is 0 Å². The third-order valence-electron chi connectivity index (χ3n) is 3.05. The summed E-state index contributed by atoms with van der Waals surface area (Å²) in [7, 11) is 0. The van der Waals surface area contributed by atoms with Gasteiger partial charge in [-0.3, -0.25) is 14.8 Å². The third kappa shape index (κ3) is 5.71. The second-order valence-corrected chi connectivity index (χ2v) is 6.14. The van der Waals surface area contributed by atoms with Crippen LogP contribution >= 0.6 is 0 Å². The van der Waals surface area contributed by atoms with Crippen molar-refractivity contribution in [1.29, 1.82) is 0 Å². The normalized spacial score (nSPS) is 11.4. The van der Waals surface area contributed by atoms with Crippen LogP contribution in [0, 0.1) is 5.41 Å². The Kier molecular flexibility index (Phi) is 6.33. The molecule has 2 N–H and O–H groups in total. The van der Waals surface area contributed by atoms with Crippen molar-refractivity contribution in [2.45, 2.75) is 53.0 Å². The van der Waals surface area contributed by atoms with Crippen molar-refractivity contribution in [2.24, 2.45) is 5.41 Å². The van der Waals surface area contributed by atoms with Crippen molar-refractivity contribution >= 4 is 5.97 Å². The van der Waals surface area contributed by atoms with Gasteiger partial charge in [-0.15, -0.1) is 0 Å². The summed E-state index contributed by atoms with van der Waals surface area (Å²) < 4.78 is 6.09. The van der Waals surface area contributed by atoms with E-state index in [-0.39, 0.29) is 12.5 Å². The summed E-state index contributed by atoms with van der Waals surface area (Å²) >= 11 is 0. The van der Waals surface area contributed by atoms with E-state index in [0.717, 1.165) is 23.8 Å². The first-order valence-electron chi connectivity index (χ1n) is 7.32. The lowest BCUT2D eigenvalue weighted by molar-refractivity contribution is -0.153. The maximum absolute atomic E-state index is 11.5. The number of carbonyl (C=O) groups excluding carboxylic acids is 1. The first-order valence-corrected chi connectivity index (χ1v) is 7.32. The lowest BCUT2D eigenvalue weighted by atomic mass is 9.97. The number of aromatic amines is 2. The molecular weight excluding hydrogens is 290 g/mol. The summed E-state index contributed by atoms with van der Waals surface area (Å²) in [6.07, 6.45) is 2.98. The molecule has 0 fully saturated rings. The molecule has 0 bridgehead atoms. The van der Waals surface area contributed by atoms with Gasteiger partial charge >= 0.3 is 23.0 Å². The predicted molar refractivity (Wildman–Crippen MR) is 80.8 cm³/mol. The summed E-state index contributed by atoms with van der Waals surface area (Å²) in [5.74, 6) is -0.223. The van der Waals surface area contributed by atoms with E-state index in [2.05, 4.69) is 0 Å². The van der Waals surface area contributed by atoms with E-state index in [1.807, 2.05) is 9.97 Å². The lowest BCUT2D eigenvalue weighted by Gasteiger charge is -2.16. The van der Waals surface area contributed by atoms with E-state index in [1.165, 1.54) is 0 Å². The average molecular weight is 313 g/mol. The Morgan fingerprint density at radius 2 is 1.55 bits per heavy atom. The van der Waals surface area contributed by atoms with Crippen molar-refractivity contribution in [3.05, 3.63) is 31.5 Å². The number of ether oxygens (including phenoxy) is 1. The van der Waals surface area contributed by atoms with Gasteiger partial charge in [0.25, 0.3) is 0 Å². The number of esters is 1. The number of nitrogens with zero attached hydrogens (tertiary/aromatic N) is 1. The van der Waals surface area contributed by atoms with Crippen LogP contribution in [0.25, 0.3) is 0 Å². The third-order valence-corrected chi connectivity index (χ3v) is 3.05. The number of hydrogen-bond donors (Lipinski definition) is 2. The fraction of sp³-hybridized carbons (Fsp3) is 0.714. The number of rotatable bonds is 7. The SMILES string of the molecule is CC(C)(C)C(=O)OCCCCCCn1c(=O)[nH]c(=O)[nH]c1=O. The minimum atomic E-state index is -0.799. The van der Waals surface area contributed by atoms with Gasteiger partial charge in [0.1, 0.15) is 0 Å². The Labute approximate surface area is 127 Å². The van der Waals surface area contributed by atoms with Crippen molar-refractivity contribution in [2.75, 3.05) is 6.61 Å². The molecule has 0 atom stereocenters. The van der Waals surface area contributed by atoms with Gasteiger partial charge < -0.3 is 4.74 Å². The van der Waals surface area contributed by atoms with Gasteiger partial charge in [0.05, 0.1) is 12.0 Å². The van der Waals surface area contributed by atoms with Crippen LogP contribution in [-0.4, -0.2) is 27.1 Å². The Hall–Kier alpha value is -2.12. The van der Waals surface area contributed by atoms with Gasteiger partial charge in [0.2, 0.25) is 0 Å². The fourth-order valence-corrected chi connectivity index (χ4v) is 1.76. The summed E-state index contributed by atoms with van der Waals surface area (Å²) in [5, 5.41) is 0. The zero-order valence-corrected chi connectivity index (χ0v) is 13.2. The maximum atomic E-state index is 11.5. The quantitative estimate of drug-likeness (QED) is 0.558. The molecule has 1 aromatic rings. The monoisotopic (exact) mass is 313 g/mol. The van der Waals surface area contributed by atoms with E-state index >= 15 is 0 Å². The molecule has 0 aliphatic heterocycles. The number of nitrogens with one attached hydrogen (secondary N) is 2. The number of hydrogen-bond acceptors (Lipinski definition) is 5. The Balaban J connectivity index is 2.25. The van der Waals surface area contributed by atoms with Gasteiger partial charge in [-0.05, 0) is 40.0 Å². The Bertz CT molecular complexity index is 628. The standard InChI is InChI=1S/C14H23N3O5/c1-14(2,3)10(18)22-9-7-5-4-6-8-17-12(20)15-11(19)16-13(17)21/h4-9H2,1-3H3,(H2,15,16,19,20,21). The van der Waals surface area contributed by atoms with E-state index in [1.54, 1.807) is 20.8 Å². The summed E-state index contributed by atoms with van der Waals surface area (Å²) in [6, 6.07) is 0. The lowest BCUT2D eigenvalue weighted by Crippen LogP contribution is -2.43. The molecule has 22 heavy (non-hydrogen) atoms. The van der Waals surface area contributed by atoms with Gasteiger partial charge in [0, 0.05) is 6.54 Å². The van der Waals surface area contributed by atoms with E-state index < -0.39 is 22.5 Å². The molecule has 0 aromatic carbocycles. The maximum Gasteiger partial charge on any atom is 0.333 e. The Morgan fingerprint density at radius 1 is 1.00 bits per heavy atom. The molecule has 0 amide bonds. The number of unbranched alkanes of at least 4 members (excludes halogenated alkanes) is 3. The molecule has 0 spiro atoms. The molecule has 1 heterocycles. The van der Waals surface area contributed by atoms with Crippen LogP contribution in [0.5, 0.6) is 0 Å². The van der Waals surface area contributed by atoms with Crippen molar-refractivity contribution in [3.8, 4) is 0 Å². The minimum absolute atomic E-state index is 0.223. The molecule has 1 aromatic heterocycles. The first kappa shape index (κ1) is 17.9. The molecule has 8 heteroatoms. The van der Waals surface area contributed by atoms with Crippen LogP contribution in [-0.2, 0) is 16.1 Å². The summed E-state index contributed by atoms with van der Waals surface area (Å²) in [4.78, 5) is 49.2. The number of H-pyrrole nitrogens is 2. The average Bonchev–Trinajstić information content (AvgIpc) is 2.38. The number of aromatic nitrogens is 3. The van der Waals surface area contributed by atoms with Gasteiger partial charge in [0.15, 0.2) is 0 Å². The Morgan fingerprint density at radius 3 is 2.09 bits per heavy atom. The van der Waals surface area contributed by atoms with Gasteiger partial charge in [-0.25, -0.2) is 19.0 Å². The summed E-state index contributed by atoms with van der Waals surface area (Å²) in [6.45, 7) is 6.01. The van der Waals surface area contributed by atoms with Crippen molar-refractivity contribution < 1.29 is 9.53 Å².